The Bertz CT molecular complexity index is 746. The van der Waals surface area contributed by atoms with Crippen molar-refractivity contribution >= 4 is 15.7 Å². The summed E-state index contributed by atoms with van der Waals surface area (Å²) in [5.41, 5.74) is 0.990. The largest absolute Gasteiger partial charge is 0.354 e. The number of benzene rings is 1. The number of sulfone groups is 1. The third kappa shape index (κ3) is 5.49. The average Bonchev–Trinajstić information content (AvgIpc) is 3.02. The first-order valence-electron chi connectivity index (χ1n) is 9.55. The van der Waals surface area contributed by atoms with Crippen LogP contribution in [0.5, 0.6) is 0 Å². The summed E-state index contributed by atoms with van der Waals surface area (Å²) < 4.78 is 36.2. The molecule has 1 amide bonds. The number of rotatable bonds is 6. The molecule has 2 aliphatic rings. The minimum Gasteiger partial charge on any atom is -0.354 e. The number of amides is 1. The number of hydrogen-bond donors (Lipinski definition) is 1. The summed E-state index contributed by atoms with van der Waals surface area (Å²) in [7, 11) is -2.86. The molecule has 8 heteroatoms. The maximum atomic E-state index is 12.9. The van der Waals surface area contributed by atoms with Crippen molar-refractivity contribution in [1.29, 1.82) is 0 Å². The number of hydrogen-bond acceptors (Lipinski definition) is 5. The SMILES string of the molecule is C[C@H](C(=O)NCCc1ccc(F)cc1)N1CCN([C@@H]2CCS(=O)(=O)C2)CC1. The normalized spacial score (nSPS) is 24.6. The van der Waals surface area contributed by atoms with Gasteiger partial charge in [-0.25, -0.2) is 12.8 Å². The highest BCUT2D eigenvalue weighted by Gasteiger charge is 2.34. The third-order valence-electron chi connectivity index (χ3n) is 5.63. The smallest absolute Gasteiger partial charge is 0.237 e. The van der Waals surface area contributed by atoms with Gasteiger partial charge in [0.25, 0.3) is 0 Å². The van der Waals surface area contributed by atoms with E-state index in [-0.39, 0.29) is 29.6 Å². The van der Waals surface area contributed by atoms with Gasteiger partial charge in [-0.1, -0.05) is 12.1 Å². The van der Waals surface area contributed by atoms with E-state index in [0.29, 0.717) is 18.7 Å². The van der Waals surface area contributed by atoms with Gasteiger partial charge in [-0.05, 0) is 37.5 Å². The molecule has 0 unspecified atom stereocenters. The van der Waals surface area contributed by atoms with E-state index in [2.05, 4.69) is 15.1 Å². The molecule has 27 heavy (non-hydrogen) atoms. The minimum atomic E-state index is -2.86. The molecule has 2 heterocycles. The van der Waals surface area contributed by atoms with E-state index in [4.69, 9.17) is 0 Å². The lowest BCUT2D eigenvalue weighted by Gasteiger charge is -2.39. The molecule has 1 aromatic carbocycles. The number of halogens is 1. The molecule has 0 radical (unpaired) electrons. The zero-order valence-electron chi connectivity index (χ0n) is 15.7. The highest BCUT2D eigenvalue weighted by molar-refractivity contribution is 7.91. The summed E-state index contributed by atoms with van der Waals surface area (Å²) in [6.07, 6.45) is 1.39. The molecule has 2 atom stereocenters. The molecule has 3 rings (SSSR count). The monoisotopic (exact) mass is 397 g/mol. The van der Waals surface area contributed by atoms with E-state index in [1.165, 1.54) is 12.1 Å². The van der Waals surface area contributed by atoms with Crippen molar-refractivity contribution in [3.63, 3.8) is 0 Å². The molecule has 1 aromatic rings. The van der Waals surface area contributed by atoms with Gasteiger partial charge in [0.05, 0.1) is 17.5 Å². The highest BCUT2D eigenvalue weighted by atomic mass is 32.2. The maximum Gasteiger partial charge on any atom is 0.237 e. The lowest BCUT2D eigenvalue weighted by molar-refractivity contribution is -0.126. The zero-order chi connectivity index (χ0) is 19.4. The Morgan fingerprint density at radius 3 is 2.48 bits per heavy atom. The van der Waals surface area contributed by atoms with Crippen molar-refractivity contribution in [3.05, 3.63) is 35.6 Å². The second kappa shape index (κ2) is 8.67. The number of carbonyl (C=O) groups is 1. The standard InChI is InChI=1S/C19H28FN3O3S/c1-15(19(24)21-8-6-16-2-4-17(20)5-3-16)22-9-11-23(12-10-22)18-7-13-27(25,26)14-18/h2-5,15,18H,6-14H2,1H3,(H,21,24)/t15-,18-/m1/s1. The highest BCUT2D eigenvalue weighted by Crippen LogP contribution is 2.19. The summed E-state index contributed by atoms with van der Waals surface area (Å²) in [6.45, 7) is 5.56. The zero-order valence-corrected chi connectivity index (χ0v) is 16.5. The van der Waals surface area contributed by atoms with E-state index >= 15 is 0 Å². The third-order valence-corrected chi connectivity index (χ3v) is 7.38. The van der Waals surface area contributed by atoms with Crippen molar-refractivity contribution in [2.75, 3.05) is 44.2 Å². The Hall–Kier alpha value is -1.51. The van der Waals surface area contributed by atoms with Crippen LogP contribution in [0, 0.1) is 5.82 Å². The van der Waals surface area contributed by atoms with Crippen molar-refractivity contribution in [2.45, 2.75) is 31.8 Å². The molecule has 2 fully saturated rings. The predicted molar refractivity (Wildman–Crippen MR) is 103 cm³/mol. The van der Waals surface area contributed by atoms with Crippen molar-refractivity contribution in [3.8, 4) is 0 Å². The van der Waals surface area contributed by atoms with Crippen molar-refractivity contribution < 1.29 is 17.6 Å². The van der Waals surface area contributed by atoms with Crippen LogP contribution in [0.25, 0.3) is 0 Å². The number of nitrogens with zero attached hydrogens (tertiary/aromatic N) is 2. The van der Waals surface area contributed by atoms with Gasteiger partial charge in [0.1, 0.15) is 5.82 Å². The summed E-state index contributed by atoms with van der Waals surface area (Å²) in [6, 6.07) is 6.23. The van der Waals surface area contributed by atoms with E-state index in [1.807, 2.05) is 6.92 Å². The summed E-state index contributed by atoms with van der Waals surface area (Å²) in [5.74, 6) is 0.303. The van der Waals surface area contributed by atoms with Gasteiger partial charge >= 0.3 is 0 Å². The average molecular weight is 398 g/mol. The van der Waals surface area contributed by atoms with Gasteiger partial charge in [0.2, 0.25) is 5.91 Å². The number of nitrogens with one attached hydrogen (secondary N) is 1. The Balaban J connectivity index is 1.40. The fourth-order valence-electron chi connectivity index (χ4n) is 3.85. The topological polar surface area (TPSA) is 69.7 Å². The van der Waals surface area contributed by atoms with Gasteiger partial charge in [0, 0.05) is 38.8 Å². The lowest BCUT2D eigenvalue weighted by Crippen LogP contribution is -2.56. The van der Waals surface area contributed by atoms with Crippen LogP contribution in [0.15, 0.2) is 24.3 Å². The molecule has 0 saturated carbocycles. The number of piperazine rings is 1. The van der Waals surface area contributed by atoms with Gasteiger partial charge < -0.3 is 5.32 Å². The van der Waals surface area contributed by atoms with Gasteiger partial charge in [-0.2, -0.15) is 0 Å². The molecule has 6 nitrogen and oxygen atoms in total. The van der Waals surface area contributed by atoms with E-state index in [9.17, 15) is 17.6 Å². The Labute approximate surface area is 160 Å². The van der Waals surface area contributed by atoms with Crippen LogP contribution in [-0.2, 0) is 21.1 Å². The molecule has 2 saturated heterocycles. The van der Waals surface area contributed by atoms with Crippen molar-refractivity contribution in [1.82, 2.24) is 15.1 Å². The molecule has 2 aliphatic heterocycles. The first-order valence-corrected chi connectivity index (χ1v) is 11.4. The number of carbonyl (C=O) groups excluding carboxylic acids is 1. The molecule has 0 aromatic heterocycles. The molecule has 0 aliphatic carbocycles. The van der Waals surface area contributed by atoms with Crippen LogP contribution in [0.4, 0.5) is 4.39 Å². The Morgan fingerprint density at radius 1 is 1.22 bits per heavy atom. The van der Waals surface area contributed by atoms with E-state index in [0.717, 1.165) is 38.2 Å². The lowest BCUT2D eigenvalue weighted by atomic mass is 10.1. The van der Waals surface area contributed by atoms with Crippen LogP contribution in [0.2, 0.25) is 0 Å². The molecule has 1 N–H and O–H groups in total. The first-order chi connectivity index (χ1) is 12.8. The molecular formula is C19H28FN3O3S. The van der Waals surface area contributed by atoms with Gasteiger partial charge in [-0.15, -0.1) is 0 Å². The van der Waals surface area contributed by atoms with Crippen LogP contribution in [-0.4, -0.2) is 80.4 Å². The predicted octanol–water partition coefficient (Wildman–Crippen LogP) is 0.678. The quantitative estimate of drug-likeness (QED) is 0.764. The van der Waals surface area contributed by atoms with Gasteiger partial charge in [-0.3, -0.25) is 14.6 Å². The summed E-state index contributed by atoms with van der Waals surface area (Å²) in [4.78, 5) is 16.8. The first kappa shape index (κ1) is 20.2. The van der Waals surface area contributed by atoms with E-state index < -0.39 is 9.84 Å². The minimum absolute atomic E-state index is 0.00555. The van der Waals surface area contributed by atoms with Crippen LogP contribution < -0.4 is 5.32 Å². The van der Waals surface area contributed by atoms with Crippen LogP contribution in [0.1, 0.15) is 18.9 Å². The fourth-order valence-corrected chi connectivity index (χ4v) is 5.61. The maximum absolute atomic E-state index is 12.9. The summed E-state index contributed by atoms with van der Waals surface area (Å²) >= 11 is 0. The second-order valence-electron chi connectivity index (χ2n) is 7.47. The molecular weight excluding hydrogens is 369 g/mol. The summed E-state index contributed by atoms with van der Waals surface area (Å²) in [5, 5.41) is 2.95. The van der Waals surface area contributed by atoms with Crippen molar-refractivity contribution in [2.24, 2.45) is 0 Å². The molecule has 0 bridgehead atoms. The molecule has 150 valence electrons. The second-order valence-corrected chi connectivity index (χ2v) is 9.70. The Morgan fingerprint density at radius 2 is 1.89 bits per heavy atom. The van der Waals surface area contributed by atoms with Crippen LogP contribution in [0.3, 0.4) is 0 Å². The fraction of sp³-hybridized carbons (Fsp3) is 0.632. The Kier molecular flexibility index (Phi) is 6.49. The van der Waals surface area contributed by atoms with Crippen LogP contribution >= 0.6 is 0 Å². The molecule has 0 spiro atoms. The van der Waals surface area contributed by atoms with Gasteiger partial charge in [0.15, 0.2) is 9.84 Å². The van der Waals surface area contributed by atoms with E-state index in [1.54, 1.807) is 12.1 Å².